The van der Waals surface area contributed by atoms with Gasteiger partial charge in [-0.3, -0.25) is 4.79 Å². The van der Waals surface area contributed by atoms with Gasteiger partial charge in [0, 0.05) is 0 Å². The van der Waals surface area contributed by atoms with E-state index in [9.17, 15) is 9.59 Å². The van der Waals surface area contributed by atoms with Gasteiger partial charge in [0.1, 0.15) is 0 Å². The molecule has 2 bridgehead atoms. The van der Waals surface area contributed by atoms with Crippen molar-refractivity contribution in [2.75, 3.05) is 0 Å². The van der Waals surface area contributed by atoms with Gasteiger partial charge < -0.3 is 15.2 Å². The molecule has 2 N–H and O–H groups in total. The summed E-state index contributed by atoms with van der Waals surface area (Å²) in [5.41, 5.74) is 4.97. The molecule has 1 saturated carbocycles. The molecule has 86 valence electrons. The van der Waals surface area contributed by atoms with Gasteiger partial charge in [-0.2, -0.15) is 0 Å². The van der Waals surface area contributed by atoms with E-state index in [1.165, 1.54) is 0 Å². The van der Waals surface area contributed by atoms with Crippen molar-refractivity contribution < 1.29 is 19.1 Å². The topological polar surface area (TPSA) is 78.6 Å². The highest BCUT2D eigenvalue weighted by atomic mass is 16.7. The normalized spacial score (nSPS) is 44.0. The Morgan fingerprint density at radius 3 is 2.69 bits per heavy atom. The summed E-state index contributed by atoms with van der Waals surface area (Å²) in [6.45, 7) is 0. The zero-order chi connectivity index (χ0) is 11.3. The first-order valence-corrected chi connectivity index (χ1v) is 5.52. The van der Waals surface area contributed by atoms with Gasteiger partial charge in [0.25, 0.3) is 6.29 Å². The second-order valence-electron chi connectivity index (χ2n) is 4.64. The summed E-state index contributed by atoms with van der Waals surface area (Å²) in [5, 5.41) is 0. The lowest BCUT2D eigenvalue weighted by atomic mass is 9.63. The Bertz CT molecular complexity index is 378. The van der Waals surface area contributed by atoms with Crippen molar-refractivity contribution in [1.82, 2.24) is 0 Å². The number of rotatable bonds is 1. The molecule has 1 heterocycles. The number of allylic oxidation sites excluding steroid dienone is 2. The molecule has 5 heteroatoms. The summed E-state index contributed by atoms with van der Waals surface area (Å²) in [4.78, 5) is 22.4. The Morgan fingerprint density at radius 1 is 1.38 bits per heavy atom. The first kappa shape index (κ1) is 9.69. The van der Waals surface area contributed by atoms with Gasteiger partial charge in [0.05, 0.1) is 11.8 Å². The molecule has 0 aromatic carbocycles. The van der Waals surface area contributed by atoms with Crippen LogP contribution in [0.15, 0.2) is 12.2 Å². The number of hydrogen-bond donors (Lipinski definition) is 1. The van der Waals surface area contributed by atoms with Crippen LogP contribution in [0.1, 0.15) is 12.8 Å². The Kier molecular flexibility index (Phi) is 1.96. The Hall–Kier alpha value is -1.52. The minimum atomic E-state index is -0.885. The van der Waals surface area contributed by atoms with Crippen LogP contribution in [-0.4, -0.2) is 18.4 Å². The number of fused-ring (bicyclic) bond motifs is 1. The molecule has 5 nitrogen and oxygen atoms in total. The van der Waals surface area contributed by atoms with Crippen LogP contribution < -0.4 is 5.73 Å². The largest absolute Gasteiger partial charge is 0.424 e. The second kappa shape index (κ2) is 3.23. The summed E-state index contributed by atoms with van der Waals surface area (Å²) in [6, 6.07) is 0. The highest BCUT2D eigenvalue weighted by molar-refractivity contribution is 5.77. The summed E-state index contributed by atoms with van der Waals surface area (Å²) in [5.74, 6) is 0.0712. The van der Waals surface area contributed by atoms with Gasteiger partial charge in [-0.1, -0.05) is 12.2 Å². The van der Waals surface area contributed by atoms with Crippen LogP contribution in [0.25, 0.3) is 0 Å². The number of carbonyl (C=O) groups excluding carboxylic acids is 2. The zero-order valence-electron chi connectivity index (χ0n) is 8.67. The summed E-state index contributed by atoms with van der Waals surface area (Å²) in [7, 11) is 0. The number of amides is 1. The van der Waals surface area contributed by atoms with E-state index in [0.717, 1.165) is 12.8 Å². The molecule has 16 heavy (non-hydrogen) atoms. The van der Waals surface area contributed by atoms with E-state index in [4.69, 9.17) is 15.2 Å². The molecule has 0 aromatic rings. The Labute approximate surface area is 92.6 Å². The highest BCUT2D eigenvalue weighted by Gasteiger charge is 2.56. The molecule has 4 aliphatic rings. The molecular formula is C11H13NO4. The van der Waals surface area contributed by atoms with E-state index in [-0.39, 0.29) is 29.6 Å². The van der Waals surface area contributed by atoms with Crippen LogP contribution >= 0.6 is 0 Å². The lowest BCUT2D eigenvalue weighted by Gasteiger charge is -2.39. The van der Waals surface area contributed by atoms with E-state index in [0.29, 0.717) is 0 Å². The van der Waals surface area contributed by atoms with Crippen molar-refractivity contribution >= 4 is 12.1 Å². The second-order valence-corrected chi connectivity index (χ2v) is 4.64. The highest BCUT2D eigenvalue weighted by Crippen LogP contribution is 2.50. The average molecular weight is 223 g/mol. The molecule has 0 aromatic heterocycles. The van der Waals surface area contributed by atoms with Crippen molar-refractivity contribution in [3.05, 3.63) is 12.2 Å². The lowest BCUT2D eigenvalue weighted by Crippen LogP contribution is -2.41. The van der Waals surface area contributed by atoms with Crippen LogP contribution in [0.2, 0.25) is 0 Å². The number of primary amides is 1. The van der Waals surface area contributed by atoms with Gasteiger partial charge in [-0.05, 0) is 24.7 Å². The molecule has 1 amide bonds. The van der Waals surface area contributed by atoms with Crippen LogP contribution in [0.4, 0.5) is 4.79 Å². The molecule has 5 unspecified atom stereocenters. The molecule has 3 aliphatic carbocycles. The quantitative estimate of drug-likeness (QED) is 0.526. The first-order chi connectivity index (χ1) is 7.66. The van der Waals surface area contributed by atoms with Gasteiger partial charge in [-0.15, -0.1) is 0 Å². The number of ether oxygens (including phenoxy) is 2. The summed E-state index contributed by atoms with van der Waals surface area (Å²) in [6.07, 6.45) is 4.56. The van der Waals surface area contributed by atoms with Crippen molar-refractivity contribution in [3.8, 4) is 0 Å². The van der Waals surface area contributed by atoms with E-state index in [1.807, 2.05) is 0 Å². The Balaban J connectivity index is 1.89. The molecule has 0 spiro atoms. The minimum absolute atomic E-state index is 0.0382. The summed E-state index contributed by atoms with van der Waals surface area (Å²) < 4.78 is 9.96. The van der Waals surface area contributed by atoms with Crippen LogP contribution in [0, 0.1) is 23.7 Å². The molecule has 1 saturated heterocycles. The standard InChI is InChI=1S/C11H13NO4/c12-11(14)16-10-8-6-3-1-5(2-4-6)7(8)9(13)15-10/h1,3,5-8,10H,2,4H2,(H2,12,14). The van der Waals surface area contributed by atoms with Crippen molar-refractivity contribution in [3.63, 3.8) is 0 Å². The van der Waals surface area contributed by atoms with Gasteiger partial charge >= 0.3 is 12.1 Å². The monoisotopic (exact) mass is 223 g/mol. The fourth-order valence-electron chi connectivity index (χ4n) is 3.23. The summed E-state index contributed by atoms with van der Waals surface area (Å²) >= 11 is 0. The van der Waals surface area contributed by atoms with Gasteiger partial charge in [0.2, 0.25) is 0 Å². The van der Waals surface area contributed by atoms with Crippen molar-refractivity contribution in [2.45, 2.75) is 19.1 Å². The zero-order valence-corrected chi connectivity index (χ0v) is 8.67. The third-order valence-corrected chi connectivity index (χ3v) is 3.86. The molecule has 0 radical (unpaired) electrons. The molecule has 5 atom stereocenters. The average Bonchev–Trinajstić information content (AvgIpc) is 2.59. The SMILES string of the molecule is NC(=O)OC1OC(=O)C2C3C=CC(CC3)C12. The molecule has 2 fully saturated rings. The first-order valence-electron chi connectivity index (χ1n) is 5.52. The lowest BCUT2D eigenvalue weighted by molar-refractivity contribution is -0.157. The third-order valence-electron chi connectivity index (χ3n) is 3.86. The van der Waals surface area contributed by atoms with Crippen LogP contribution in [0.3, 0.4) is 0 Å². The number of nitrogens with two attached hydrogens (primary N) is 1. The fraction of sp³-hybridized carbons (Fsp3) is 0.636. The van der Waals surface area contributed by atoms with Crippen molar-refractivity contribution in [2.24, 2.45) is 29.4 Å². The Morgan fingerprint density at radius 2 is 2.06 bits per heavy atom. The maximum atomic E-state index is 11.7. The number of esters is 1. The predicted octanol–water partition coefficient (Wildman–Crippen LogP) is 0.793. The predicted molar refractivity (Wildman–Crippen MR) is 52.9 cm³/mol. The maximum absolute atomic E-state index is 11.7. The smallest absolute Gasteiger partial charge is 0.407 e. The third kappa shape index (κ3) is 1.24. The molecular weight excluding hydrogens is 210 g/mol. The molecule has 1 aliphatic heterocycles. The maximum Gasteiger partial charge on any atom is 0.407 e. The van der Waals surface area contributed by atoms with E-state index < -0.39 is 12.4 Å². The van der Waals surface area contributed by atoms with Crippen LogP contribution in [0.5, 0.6) is 0 Å². The fourth-order valence-corrected chi connectivity index (χ4v) is 3.23. The van der Waals surface area contributed by atoms with E-state index in [1.54, 1.807) is 0 Å². The van der Waals surface area contributed by atoms with Crippen LogP contribution in [-0.2, 0) is 14.3 Å². The number of hydrogen-bond acceptors (Lipinski definition) is 4. The number of carbonyl (C=O) groups is 2. The van der Waals surface area contributed by atoms with E-state index in [2.05, 4.69) is 12.2 Å². The minimum Gasteiger partial charge on any atom is -0.424 e. The molecule has 4 rings (SSSR count). The van der Waals surface area contributed by atoms with Crippen molar-refractivity contribution in [1.29, 1.82) is 0 Å². The van der Waals surface area contributed by atoms with Gasteiger partial charge in [-0.25, -0.2) is 4.79 Å². The van der Waals surface area contributed by atoms with Gasteiger partial charge in [0.15, 0.2) is 0 Å². The van der Waals surface area contributed by atoms with E-state index >= 15 is 0 Å². The number of cyclic esters (lactones) is 1.